The Morgan fingerprint density at radius 1 is 1.35 bits per heavy atom. The summed E-state index contributed by atoms with van der Waals surface area (Å²) in [4.78, 5) is 24.8. The number of nitrogens with two attached hydrogens (primary N) is 1. The van der Waals surface area contributed by atoms with Crippen LogP contribution in [0.4, 0.5) is 16.2 Å². The van der Waals surface area contributed by atoms with E-state index in [-0.39, 0.29) is 5.91 Å². The first kappa shape index (κ1) is 11.2. The summed E-state index contributed by atoms with van der Waals surface area (Å²) >= 11 is 0. The van der Waals surface area contributed by atoms with E-state index in [0.717, 1.165) is 4.90 Å². The van der Waals surface area contributed by atoms with Crippen LogP contribution in [0.25, 0.3) is 0 Å². The van der Waals surface area contributed by atoms with Gasteiger partial charge in [-0.1, -0.05) is 6.08 Å². The van der Waals surface area contributed by atoms with Gasteiger partial charge in [0.1, 0.15) is 6.04 Å². The number of anilines is 2. The SMILES string of the molecule is C=CCC1NC(=O)N(c2ccc(N)cc2)C1=O. The Kier molecular flexibility index (Phi) is 2.82. The highest BCUT2D eigenvalue weighted by Crippen LogP contribution is 2.21. The van der Waals surface area contributed by atoms with Crippen molar-refractivity contribution in [3.05, 3.63) is 36.9 Å². The van der Waals surface area contributed by atoms with Crippen LogP contribution in [0, 0.1) is 0 Å². The number of benzene rings is 1. The van der Waals surface area contributed by atoms with Crippen molar-refractivity contribution in [2.75, 3.05) is 10.6 Å². The van der Waals surface area contributed by atoms with Crippen molar-refractivity contribution in [1.29, 1.82) is 0 Å². The normalized spacial score (nSPS) is 19.3. The van der Waals surface area contributed by atoms with Crippen LogP contribution < -0.4 is 16.0 Å². The third-order valence-corrected chi connectivity index (χ3v) is 2.57. The van der Waals surface area contributed by atoms with Gasteiger partial charge in [-0.2, -0.15) is 0 Å². The molecule has 3 amide bonds. The van der Waals surface area contributed by atoms with E-state index in [2.05, 4.69) is 11.9 Å². The van der Waals surface area contributed by atoms with Gasteiger partial charge in [0.25, 0.3) is 5.91 Å². The Bertz CT molecular complexity index is 467. The first-order chi connectivity index (χ1) is 8.13. The molecule has 2 rings (SSSR count). The first-order valence-corrected chi connectivity index (χ1v) is 5.24. The van der Waals surface area contributed by atoms with E-state index in [1.807, 2.05) is 0 Å². The van der Waals surface area contributed by atoms with Gasteiger partial charge in [-0.25, -0.2) is 9.69 Å². The number of urea groups is 1. The highest BCUT2D eigenvalue weighted by atomic mass is 16.2. The molecular formula is C12H13N3O2. The number of imide groups is 1. The number of nitrogens with zero attached hydrogens (tertiary/aromatic N) is 1. The van der Waals surface area contributed by atoms with Crippen molar-refractivity contribution in [3.8, 4) is 0 Å². The molecule has 5 nitrogen and oxygen atoms in total. The first-order valence-electron chi connectivity index (χ1n) is 5.24. The van der Waals surface area contributed by atoms with Crippen LogP contribution in [0.2, 0.25) is 0 Å². The van der Waals surface area contributed by atoms with Crippen LogP contribution in [0.15, 0.2) is 36.9 Å². The van der Waals surface area contributed by atoms with E-state index in [1.165, 1.54) is 0 Å². The molecule has 0 aromatic heterocycles. The molecule has 1 fully saturated rings. The monoisotopic (exact) mass is 231 g/mol. The molecule has 0 spiro atoms. The van der Waals surface area contributed by atoms with Crippen molar-refractivity contribution >= 4 is 23.3 Å². The van der Waals surface area contributed by atoms with Crippen LogP contribution in [-0.4, -0.2) is 18.0 Å². The standard InChI is InChI=1S/C12H13N3O2/c1-2-3-10-11(16)15(12(17)14-10)9-6-4-8(13)5-7-9/h2,4-7,10H,1,3,13H2,(H,14,17). The van der Waals surface area contributed by atoms with E-state index in [0.29, 0.717) is 17.8 Å². The van der Waals surface area contributed by atoms with E-state index in [9.17, 15) is 9.59 Å². The lowest BCUT2D eigenvalue weighted by Gasteiger charge is -2.12. The Morgan fingerprint density at radius 3 is 2.59 bits per heavy atom. The minimum Gasteiger partial charge on any atom is -0.399 e. The predicted molar refractivity (Wildman–Crippen MR) is 65.5 cm³/mol. The minimum atomic E-state index is -0.516. The molecule has 5 heteroatoms. The number of amides is 3. The number of rotatable bonds is 3. The molecule has 1 heterocycles. The van der Waals surface area contributed by atoms with Gasteiger partial charge < -0.3 is 11.1 Å². The number of hydrogen-bond donors (Lipinski definition) is 2. The molecule has 1 aromatic rings. The summed E-state index contributed by atoms with van der Waals surface area (Å²) in [5, 5.41) is 2.60. The quantitative estimate of drug-likeness (QED) is 0.467. The summed E-state index contributed by atoms with van der Waals surface area (Å²) < 4.78 is 0. The Morgan fingerprint density at radius 2 is 2.00 bits per heavy atom. The molecule has 1 aliphatic heterocycles. The minimum absolute atomic E-state index is 0.264. The van der Waals surface area contributed by atoms with E-state index < -0.39 is 12.1 Å². The number of carbonyl (C=O) groups excluding carboxylic acids is 2. The van der Waals surface area contributed by atoms with Crippen molar-refractivity contribution in [1.82, 2.24) is 5.32 Å². The zero-order valence-electron chi connectivity index (χ0n) is 9.22. The smallest absolute Gasteiger partial charge is 0.329 e. The van der Waals surface area contributed by atoms with Gasteiger partial charge >= 0.3 is 6.03 Å². The van der Waals surface area contributed by atoms with Crippen molar-refractivity contribution < 1.29 is 9.59 Å². The maximum atomic E-state index is 12.0. The largest absolute Gasteiger partial charge is 0.399 e. The maximum Gasteiger partial charge on any atom is 0.329 e. The fourth-order valence-corrected chi connectivity index (χ4v) is 1.73. The fraction of sp³-hybridized carbons (Fsp3) is 0.167. The average molecular weight is 231 g/mol. The predicted octanol–water partition coefficient (Wildman–Crippen LogP) is 1.27. The Hall–Kier alpha value is -2.30. The van der Waals surface area contributed by atoms with Gasteiger partial charge in [-0.05, 0) is 30.7 Å². The van der Waals surface area contributed by atoms with Gasteiger partial charge in [-0.3, -0.25) is 4.79 Å². The average Bonchev–Trinajstić information content (AvgIpc) is 2.57. The number of hydrogen-bond acceptors (Lipinski definition) is 3. The topological polar surface area (TPSA) is 75.4 Å². The second kappa shape index (κ2) is 4.29. The van der Waals surface area contributed by atoms with Crippen LogP contribution in [0.5, 0.6) is 0 Å². The zero-order chi connectivity index (χ0) is 12.4. The lowest BCUT2D eigenvalue weighted by molar-refractivity contribution is -0.118. The molecular weight excluding hydrogens is 218 g/mol. The molecule has 1 unspecified atom stereocenters. The third kappa shape index (κ3) is 1.99. The second-order valence-electron chi connectivity index (χ2n) is 3.79. The summed E-state index contributed by atoms with van der Waals surface area (Å²) in [6, 6.07) is 5.66. The molecule has 3 N–H and O–H groups in total. The second-order valence-corrected chi connectivity index (χ2v) is 3.79. The lowest BCUT2D eigenvalue weighted by Crippen LogP contribution is -2.31. The molecule has 0 radical (unpaired) electrons. The molecule has 1 saturated heterocycles. The molecule has 1 aromatic carbocycles. The number of carbonyl (C=O) groups is 2. The number of nitrogens with one attached hydrogen (secondary N) is 1. The summed E-state index contributed by atoms with van der Waals surface area (Å²) in [7, 11) is 0. The van der Waals surface area contributed by atoms with E-state index in [1.54, 1.807) is 30.3 Å². The van der Waals surface area contributed by atoms with Crippen LogP contribution in [0.3, 0.4) is 0 Å². The summed E-state index contributed by atoms with van der Waals surface area (Å²) in [5.41, 5.74) is 6.66. The molecule has 0 saturated carbocycles. The molecule has 88 valence electrons. The van der Waals surface area contributed by atoms with Gasteiger partial charge in [-0.15, -0.1) is 6.58 Å². The summed E-state index contributed by atoms with van der Waals surface area (Å²) in [6.45, 7) is 3.55. The van der Waals surface area contributed by atoms with Crippen molar-refractivity contribution in [2.45, 2.75) is 12.5 Å². The van der Waals surface area contributed by atoms with Gasteiger partial charge in [0.2, 0.25) is 0 Å². The van der Waals surface area contributed by atoms with Gasteiger partial charge in [0.15, 0.2) is 0 Å². The van der Waals surface area contributed by atoms with E-state index in [4.69, 9.17) is 5.73 Å². The molecule has 0 bridgehead atoms. The fourth-order valence-electron chi connectivity index (χ4n) is 1.73. The maximum absolute atomic E-state index is 12.0. The van der Waals surface area contributed by atoms with Gasteiger partial charge in [0.05, 0.1) is 5.69 Å². The lowest BCUT2D eigenvalue weighted by atomic mass is 10.2. The van der Waals surface area contributed by atoms with Gasteiger partial charge in [0, 0.05) is 5.69 Å². The van der Waals surface area contributed by atoms with E-state index >= 15 is 0 Å². The molecule has 17 heavy (non-hydrogen) atoms. The zero-order valence-corrected chi connectivity index (χ0v) is 9.22. The van der Waals surface area contributed by atoms with Crippen LogP contribution in [0.1, 0.15) is 6.42 Å². The summed E-state index contributed by atoms with van der Waals surface area (Å²) in [6.07, 6.45) is 2.03. The summed E-state index contributed by atoms with van der Waals surface area (Å²) in [5.74, 6) is -0.264. The Labute approximate surface area is 98.9 Å². The third-order valence-electron chi connectivity index (χ3n) is 2.57. The van der Waals surface area contributed by atoms with Crippen LogP contribution in [-0.2, 0) is 4.79 Å². The van der Waals surface area contributed by atoms with Crippen molar-refractivity contribution in [3.63, 3.8) is 0 Å². The molecule has 1 atom stereocenters. The van der Waals surface area contributed by atoms with Crippen molar-refractivity contribution in [2.24, 2.45) is 0 Å². The number of nitrogen functional groups attached to an aromatic ring is 1. The molecule has 0 aliphatic carbocycles. The highest BCUT2D eigenvalue weighted by Gasteiger charge is 2.37. The van der Waals surface area contributed by atoms with Crippen LogP contribution >= 0.6 is 0 Å². The Balaban J connectivity index is 2.27. The highest BCUT2D eigenvalue weighted by molar-refractivity contribution is 6.21. The molecule has 1 aliphatic rings.